The Bertz CT molecular complexity index is 404. The molecule has 0 amide bonds. The fourth-order valence-electron chi connectivity index (χ4n) is 2.84. The molecular weight excluding hydrogens is 240 g/mol. The van der Waals surface area contributed by atoms with Crippen LogP contribution in [0.1, 0.15) is 38.6 Å². The molecule has 19 heavy (non-hydrogen) atoms. The van der Waals surface area contributed by atoms with Crippen molar-refractivity contribution in [2.75, 3.05) is 6.61 Å². The molecular formula is C14H26N4O. The average molecular weight is 266 g/mol. The van der Waals surface area contributed by atoms with Crippen molar-refractivity contribution < 1.29 is 4.74 Å². The highest BCUT2D eigenvalue weighted by molar-refractivity contribution is 5.12. The van der Waals surface area contributed by atoms with Crippen LogP contribution in [0, 0.1) is 5.92 Å². The van der Waals surface area contributed by atoms with E-state index in [9.17, 15) is 0 Å². The molecule has 1 fully saturated rings. The third-order valence-electron chi connectivity index (χ3n) is 4.02. The molecule has 2 rings (SSSR count). The Balaban J connectivity index is 2.07. The van der Waals surface area contributed by atoms with E-state index in [0.717, 1.165) is 38.1 Å². The highest BCUT2D eigenvalue weighted by atomic mass is 16.5. The molecule has 0 aliphatic carbocycles. The number of ether oxygens (including phenoxy) is 1. The third-order valence-corrected chi connectivity index (χ3v) is 4.02. The molecule has 1 aliphatic rings. The summed E-state index contributed by atoms with van der Waals surface area (Å²) in [4.78, 5) is 0. The fourth-order valence-corrected chi connectivity index (χ4v) is 2.84. The largest absolute Gasteiger partial charge is 0.378 e. The average Bonchev–Trinajstić information content (AvgIpc) is 3.01. The van der Waals surface area contributed by atoms with Crippen molar-refractivity contribution in [1.82, 2.24) is 15.2 Å². The van der Waals surface area contributed by atoms with Crippen molar-refractivity contribution in [2.24, 2.45) is 11.8 Å². The van der Waals surface area contributed by atoms with Gasteiger partial charge in [0, 0.05) is 30.6 Å². The van der Waals surface area contributed by atoms with Gasteiger partial charge in [-0.3, -0.25) is 16.0 Å². The summed E-state index contributed by atoms with van der Waals surface area (Å²) in [6, 6.07) is 2.46. The van der Waals surface area contributed by atoms with Crippen LogP contribution in [0.3, 0.4) is 0 Å². The molecule has 3 N–H and O–H groups in total. The Kier molecular flexibility index (Phi) is 4.96. The number of aryl methyl sites for hydroxylation is 2. The molecule has 0 radical (unpaired) electrons. The van der Waals surface area contributed by atoms with Crippen LogP contribution in [-0.4, -0.2) is 28.5 Å². The molecule has 0 aromatic carbocycles. The zero-order valence-electron chi connectivity index (χ0n) is 12.2. The highest BCUT2D eigenvalue weighted by Gasteiger charge is 2.29. The summed E-state index contributed by atoms with van der Waals surface area (Å²) >= 11 is 0. The second-order valence-electron chi connectivity index (χ2n) is 5.41. The van der Waals surface area contributed by atoms with Gasteiger partial charge in [-0.2, -0.15) is 5.10 Å². The van der Waals surface area contributed by atoms with Crippen molar-refractivity contribution in [3.8, 4) is 0 Å². The number of rotatable bonds is 6. The highest BCUT2D eigenvalue weighted by Crippen LogP contribution is 2.24. The van der Waals surface area contributed by atoms with Gasteiger partial charge in [-0.15, -0.1) is 0 Å². The van der Waals surface area contributed by atoms with Crippen molar-refractivity contribution in [3.05, 3.63) is 17.5 Å². The number of hydrogen-bond donors (Lipinski definition) is 2. The second kappa shape index (κ2) is 6.50. The number of nitrogens with one attached hydrogen (secondary N) is 1. The van der Waals surface area contributed by atoms with Crippen LogP contribution in [0.5, 0.6) is 0 Å². The van der Waals surface area contributed by atoms with Crippen molar-refractivity contribution in [1.29, 1.82) is 0 Å². The van der Waals surface area contributed by atoms with E-state index >= 15 is 0 Å². The minimum Gasteiger partial charge on any atom is -0.378 e. The second-order valence-corrected chi connectivity index (χ2v) is 5.41. The Hall–Kier alpha value is -0.910. The van der Waals surface area contributed by atoms with E-state index in [4.69, 9.17) is 10.6 Å². The van der Waals surface area contributed by atoms with Crippen LogP contribution in [0.15, 0.2) is 6.07 Å². The first kappa shape index (κ1) is 14.5. The molecule has 3 unspecified atom stereocenters. The summed E-state index contributed by atoms with van der Waals surface area (Å²) in [7, 11) is 0. The summed E-state index contributed by atoms with van der Waals surface area (Å²) < 4.78 is 7.74. The lowest BCUT2D eigenvalue weighted by Gasteiger charge is -2.21. The molecule has 3 atom stereocenters. The van der Waals surface area contributed by atoms with Crippen molar-refractivity contribution >= 4 is 0 Å². The van der Waals surface area contributed by atoms with E-state index in [1.807, 2.05) is 0 Å². The molecule has 0 spiro atoms. The molecule has 1 saturated heterocycles. The van der Waals surface area contributed by atoms with Gasteiger partial charge in [0.1, 0.15) is 0 Å². The molecule has 0 saturated carbocycles. The smallest absolute Gasteiger partial charge is 0.0624 e. The Morgan fingerprint density at radius 2 is 2.37 bits per heavy atom. The Morgan fingerprint density at radius 1 is 1.58 bits per heavy atom. The maximum atomic E-state index is 5.74. The molecule has 5 heteroatoms. The summed E-state index contributed by atoms with van der Waals surface area (Å²) in [5.41, 5.74) is 5.39. The van der Waals surface area contributed by atoms with Gasteiger partial charge in [-0.05, 0) is 32.8 Å². The zero-order valence-corrected chi connectivity index (χ0v) is 12.2. The lowest BCUT2D eigenvalue weighted by atomic mass is 9.93. The lowest BCUT2D eigenvalue weighted by Crippen LogP contribution is -2.43. The number of nitrogens with zero attached hydrogens (tertiary/aromatic N) is 2. The number of hydrogen-bond acceptors (Lipinski definition) is 4. The maximum absolute atomic E-state index is 5.74. The maximum Gasteiger partial charge on any atom is 0.0624 e. The monoisotopic (exact) mass is 266 g/mol. The van der Waals surface area contributed by atoms with E-state index in [1.54, 1.807) is 0 Å². The van der Waals surface area contributed by atoms with Gasteiger partial charge in [0.05, 0.1) is 18.4 Å². The number of hydrazine groups is 1. The van der Waals surface area contributed by atoms with Crippen LogP contribution < -0.4 is 11.3 Å². The minimum absolute atomic E-state index is 0.261. The van der Waals surface area contributed by atoms with E-state index < -0.39 is 0 Å². The summed E-state index contributed by atoms with van der Waals surface area (Å²) in [6.45, 7) is 8.10. The van der Waals surface area contributed by atoms with Gasteiger partial charge >= 0.3 is 0 Å². The van der Waals surface area contributed by atoms with E-state index in [-0.39, 0.29) is 6.04 Å². The van der Waals surface area contributed by atoms with Crippen LogP contribution in [0.4, 0.5) is 0 Å². The van der Waals surface area contributed by atoms with Crippen LogP contribution in [-0.2, 0) is 24.1 Å². The van der Waals surface area contributed by atoms with Crippen molar-refractivity contribution in [3.63, 3.8) is 0 Å². The molecule has 1 aromatic heterocycles. The van der Waals surface area contributed by atoms with E-state index in [2.05, 4.69) is 42.0 Å². The number of aromatic nitrogens is 2. The van der Waals surface area contributed by atoms with Gasteiger partial charge in [0.15, 0.2) is 0 Å². The number of nitrogens with two attached hydrogens (primary N) is 1. The van der Waals surface area contributed by atoms with Gasteiger partial charge in [0.25, 0.3) is 0 Å². The predicted molar refractivity (Wildman–Crippen MR) is 75.6 cm³/mol. The SMILES string of the molecule is CCc1cc(CC(NN)C2COC(C)C2)n(CC)n1. The molecule has 1 aromatic rings. The molecule has 1 aliphatic heterocycles. The topological polar surface area (TPSA) is 65.1 Å². The lowest BCUT2D eigenvalue weighted by molar-refractivity contribution is 0.116. The fraction of sp³-hybridized carbons (Fsp3) is 0.786. The summed E-state index contributed by atoms with van der Waals surface area (Å²) in [5.74, 6) is 6.23. The first-order valence-corrected chi connectivity index (χ1v) is 7.31. The van der Waals surface area contributed by atoms with Gasteiger partial charge < -0.3 is 4.74 Å². The van der Waals surface area contributed by atoms with Gasteiger partial charge in [-0.25, -0.2) is 0 Å². The summed E-state index contributed by atoms with van der Waals surface area (Å²) in [5, 5.41) is 4.59. The van der Waals surface area contributed by atoms with Crippen molar-refractivity contribution in [2.45, 2.75) is 58.7 Å². The molecule has 5 nitrogen and oxygen atoms in total. The molecule has 108 valence electrons. The van der Waals surface area contributed by atoms with Crippen LogP contribution >= 0.6 is 0 Å². The standard InChI is InChI=1S/C14H26N4O/c1-4-12-7-13(18(5-2)17-12)8-14(16-15)11-6-10(3)19-9-11/h7,10-11,14,16H,4-6,8-9,15H2,1-3H3. The Labute approximate surface area is 115 Å². The van der Waals surface area contributed by atoms with E-state index in [1.165, 1.54) is 5.69 Å². The minimum atomic E-state index is 0.261. The predicted octanol–water partition coefficient (Wildman–Crippen LogP) is 1.26. The quantitative estimate of drug-likeness (QED) is 0.601. The van der Waals surface area contributed by atoms with E-state index in [0.29, 0.717) is 12.0 Å². The van der Waals surface area contributed by atoms with Gasteiger partial charge in [-0.1, -0.05) is 6.92 Å². The molecule has 2 heterocycles. The van der Waals surface area contributed by atoms with Gasteiger partial charge in [0.2, 0.25) is 0 Å². The van der Waals surface area contributed by atoms with Crippen LogP contribution in [0.25, 0.3) is 0 Å². The molecule has 0 bridgehead atoms. The Morgan fingerprint density at radius 3 is 2.89 bits per heavy atom. The first-order chi connectivity index (χ1) is 9.17. The normalized spacial score (nSPS) is 24.8. The van der Waals surface area contributed by atoms with Crippen LogP contribution in [0.2, 0.25) is 0 Å². The third kappa shape index (κ3) is 3.35. The summed E-state index contributed by atoms with van der Waals surface area (Å²) in [6.07, 6.45) is 3.32. The zero-order chi connectivity index (χ0) is 13.8. The first-order valence-electron chi connectivity index (χ1n) is 7.31.